The van der Waals surface area contributed by atoms with Gasteiger partial charge in [0.2, 0.25) is 5.91 Å². The second-order valence-electron chi connectivity index (χ2n) is 5.13. The molecule has 1 aromatic rings. The number of amides is 1. The van der Waals surface area contributed by atoms with Crippen molar-refractivity contribution in [1.82, 2.24) is 5.32 Å². The van der Waals surface area contributed by atoms with Gasteiger partial charge in [-0.3, -0.25) is 4.79 Å². The number of ether oxygens (including phenoxy) is 1. The molecule has 0 aromatic heterocycles. The monoisotopic (exact) mass is 250 g/mol. The fourth-order valence-electron chi connectivity index (χ4n) is 1.84. The van der Waals surface area contributed by atoms with Crippen LogP contribution in [0.5, 0.6) is 0 Å². The van der Waals surface area contributed by atoms with Gasteiger partial charge >= 0.3 is 0 Å². The van der Waals surface area contributed by atoms with Crippen LogP contribution in [-0.4, -0.2) is 18.6 Å². The van der Waals surface area contributed by atoms with Gasteiger partial charge in [0, 0.05) is 25.6 Å². The van der Waals surface area contributed by atoms with Gasteiger partial charge in [0.1, 0.15) is 0 Å². The molecular formula is C14H22N2O2. The third kappa shape index (κ3) is 5.29. The largest absolute Gasteiger partial charge is 0.380 e. The summed E-state index contributed by atoms with van der Waals surface area (Å²) >= 11 is 0. The van der Waals surface area contributed by atoms with Gasteiger partial charge < -0.3 is 15.8 Å². The Labute approximate surface area is 109 Å². The third-order valence-electron chi connectivity index (χ3n) is 2.69. The quantitative estimate of drug-likeness (QED) is 0.772. The molecule has 1 rings (SSSR count). The van der Waals surface area contributed by atoms with Gasteiger partial charge in [-0.1, -0.05) is 24.3 Å². The van der Waals surface area contributed by atoms with Crippen LogP contribution in [0.15, 0.2) is 24.3 Å². The number of methoxy groups -OCH3 is 1. The average molecular weight is 250 g/mol. The van der Waals surface area contributed by atoms with Crippen molar-refractivity contribution in [2.24, 2.45) is 5.73 Å². The van der Waals surface area contributed by atoms with Crippen molar-refractivity contribution in [2.75, 3.05) is 7.11 Å². The number of benzene rings is 1. The summed E-state index contributed by atoms with van der Waals surface area (Å²) in [6, 6.07) is 8.18. The van der Waals surface area contributed by atoms with Crippen molar-refractivity contribution in [3.05, 3.63) is 35.4 Å². The van der Waals surface area contributed by atoms with E-state index in [2.05, 4.69) is 11.4 Å². The molecule has 0 bridgehead atoms. The van der Waals surface area contributed by atoms with Gasteiger partial charge in [0.15, 0.2) is 0 Å². The normalized spacial score (nSPS) is 11.5. The molecule has 100 valence electrons. The Morgan fingerprint density at radius 1 is 1.39 bits per heavy atom. The molecule has 0 saturated carbocycles. The van der Waals surface area contributed by atoms with Crippen LogP contribution in [0.1, 0.15) is 31.4 Å². The highest BCUT2D eigenvalue weighted by Gasteiger charge is 2.19. The number of nitrogens with one attached hydrogen (secondary N) is 1. The predicted molar refractivity (Wildman–Crippen MR) is 71.9 cm³/mol. The number of carbonyl (C=O) groups excluding carboxylic acids is 1. The van der Waals surface area contributed by atoms with E-state index in [4.69, 9.17) is 10.5 Å². The lowest BCUT2D eigenvalue weighted by Gasteiger charge is -2.25. The van der Waals surface area contributed by atoms with Gasteiger partial charge in [0.25, 0.3) is 0 Å². The summed E-state index contributed by atoms with van der Waals surface area (Å²) in [5, 5.41) is 3.33. The molecule has 1 amide bonds. The lowest BCUT2D eigenvalue weighted by Crippen LogP contribution is -2.42. The topological polar surface area (TPSA) is 64.3 Å². The van der Waals surface area contributed by atoms with Crippen LogP contribution in [0, 0.1) is 0 Å². The Kier molecular flexibility index (Phi) is 5.31. The van der Waals surface area contributed by atoms with Gasteiger partial charge in [-0.15, -0.1) is 0 Å². The summed E-state index contributed by atoms with van der Waals surface area (Å²) < 4.78 is 5.10. The first-order valence-electron chi connectivity index (χ1n) is 6.03. The molecule has 0 aliphatic rings. The summed E-state index contributed by atoms with van der Waals surface area (Å²) in [7, 11) is 1.68. The van der Waals surface area contributed by atoms with E-state index in [1.54, 1.807) is 7.11 Å². The van der Waals surface area contributed by atoms with Crippen molar-refractivity contribution < 1.29 is 9.53 Å². The number of primary amides is 1. The van der Waals surface area contributed by atoms with Crippen molar-refractivity contribution in [1.29, 1.82) is 0 Å². The minimum atomic E-state index is -0.291. The minimum Gasteiger partial charge on any atom is -0.380 e. The van der Waals surface area contributed by atoms with Gasteiger partial charge in [-0.25, -0.2) is 0 Å². The smallest absolute Gasteiger partial charge is 0.219 e. The average Bonchev–Trinajstić information content (AvgIpc) is 2.26. The molecule has 4 heteroatoms. The Bertz CT molecular complexity index is 403. The molecular weight excluding hydrogens is 228 g/mol. The molecule has 0 unspecified atom stereocenters. The van der Waals surface area contributed by atoms with Crippen LogP contribution in [0.2, 0.25) is 0 Å². The summed E-state index contributed by atoms with van der Waals surface area (Å²) in [5.74, 6) is -0.291. The Morgan fingerprint density at radius 3 is 2.67 bits per heavy atom. The molecule has 0 radical (unpaired) electrons. The molecule has 0 atom stereocenters. The van der Waals surface area contributed by atoms with Crippen molar-refractivity contribution in [2.45, 2.75) is 39.0 Å². The van der Waals surface area contributed by atoms with Crippen LogP contribution in [0.25, 0.3) is 0 Å². The fourth-order valence-corrected chi connectivity index (χ4v) is 1.84. The van der Waals surface area contributed by atoms with Crippen molar-refractivity contribution in [3.8, 4) is 0 Å². The van der Waals surface area contributed by atoms with Crippen LogP contribution in [-0.2, 0) is 22.7 Å². The number of rotatable bonds is 7. The number of hydrogen-bond acceptors (Lipinski definition) is 3. The summed E-state index contributed by atoms with van der Waals surface area (Å²) in [6.45, 7) is 5.25. The zero-order valence-electron chi connectivity index (χ0n) is 11.3. The van der Waals surface area contributed by atoms with E-state index in [0.29, 0.717) is 19.6 Å². The van der Waals surface area contributed by atoms with E-state index < -0.39 is 0 Å². The highest BCUT2D eigenvalue weighted by molar-refractivity contribution is 5.74. The minimum absolute atomic E-state index is 0.289. The first-order valence-corrected chi connectivity index (χ1v) is 6.03. The predicted octanol–water partition coefficient (Wildman–Crippen LogP) is 1.58. The summed E-state index contributed by atoms with van der Waals surface area (Å²) in [6.07, 6.45) is 0.324. The number of nitrogens with two attached hydrogens (primary N) is 1. The van der Waals surface area contributed by atoms with E-state index in [1.807, 2.05) is 32.0 Å². The van der Waals surface area contributed by atoms with E-state index in [-0.39, 0.29) is 11.4 Å². The Balaban J connectivity index is 2.57. The Hall–Kier alpha value is -1.39. The highest BCUT2D eigenvalue weighted by Crippen LogP contribution is 2.11. The molecule has 18 heavy (non-hydrogen) atoms. The maximum absolute atomic E-state index is 10.9. The number of carbonyl (C=O) groups is 1. The first kappa shape index (κ1) is 14.7. The van der Waals surface area contributed by atoms with Crippen molar-refractivity contribution >= 4 is 5.91 Å². The van der Waals surface area contributed by atoms with Crippen molar-refractivity contribution in [3.63, 3.8) is 0 Å². The van der Waals surface area contributed by atoms with Crippen LogP contribution in [0.4, 0.5) is 0 Å². The summed E-state index contributed by atoms with van der Waals surface area (Å²) in [4.78, 5) is 10.9. The molecule has 0 aliphatic heterocycles. The van der Waals surface area contributed by atoms with E-state index in [1.165, 1.54) is 5.56 Å². The molecule has 0 fully saturated rings. The third-order valence-corrected chi connectivity index (χ3v) is 2.69. The van der Waals surface area contributed by atoms with Gasteiger partial charge in [-0.05, 0) is 25.0 Å². The zero-order valence-corrected chi connectivity index (χ0v) is 11.3. The summed E-state index contributed by atoms with van der Waals surface area (Å²) in [5.41, 5.74) is 7.24. The van der Waals surface area contributed by atoms with Crippen LogP contribution < -0.4 is 11.1 Å². The highest BCUT2D eigenvalue weighted by atomic mass is 16.5. The molecule has 0 saturated heterocycles. The van der Waals surface area contributed by atoms with Gasteiger partial charge in [0.05, 0.1) is 6.61 Å². The van der Waals surface area contributed by atoms with Crippen LogP contribution >= 0.6 is 0 Å². The van der Waals surface area contributed by atoms with E-state index >= 15 is 0 Å². The van der Waals surface area contributed by atoms with E-state index in [9.17, 15) is 4.79 Å². The van der Waals surface area contributed by atoms with E-state index in [0.717, 1.165) is 5.56 Å². The molecule has 0 heterocycles. The van der Waals surface area contributed by atoms with Crippen LogP contribution in [0.3, 0.4) is 0 Å². The molecule has 4 nitrogen and oxygen atoms in total. The lowest BCUT2D eigenvalue weighted by atomic mass is 9.99. The standard InChI is InChI=1S/C14H22N2O2/c1-14(2,8-13(15)17)16-9-11-5-4-6-12(7-11)10-18-3/h4-7,16H,8-10H2,1-3H3,(H2,15,17). The first-order chi connectivity index (χ1) is 8.43. The maximum Gasteiger partial charge on any atom is 0.219 e. The zero-order chi connectivity index (χ0) is 13.6. The second kappa shape index (κ2) is 6.52. The number of hydrogen-bond donors (Lipinski definition) is 2. The molecule has 1 aromatic carbocycles. The molecule has 0 spiro atoms. The SMILES string of the molecule is COCc1cccc(CNC(C)(C)CC(N)=O)c1. The van der Waals surface area contributed by atoms with Gasteiger partial charge in [-0.2, -0.15) is 0 Å². The second-order valence-corrected chi connectivity index (χ2v) is 5.13. The fraction of sp³-hybridized carbons (Fsp3) is 0.500. The lowest BCUT2D eigenvalue weighted by molar-refractivity contribution is -0.119. The maximum atomic E-state index is 10.9. The Morgan fingerprint density at radius 2 is 2.06 bits per heavy atom. The molecule has 0 aliphatic carbocycles. The molecule has 3 N–H and O–H groups in total.